The van der Waals surface area contributed by atoms with Crippen molar-refractivity contribution in [3.8, 4) is 11.4 Å². The van der Waals surface area contributed by atoms with E-state index in [0.29, 0.717) is 16.5 Å². The van der Waals surface area contributed by atoms with Gasteiger partial charge in [-0.25, -0.2) is 0 Å². The van der Waals surface area contributed by atoms with Crippen LogP contribution < -0.4 is 4.74 Å². The molecule has 6 nitrogen and oxygen atoms in total. The van der Waals surface area contributed by atoms with E-state index in [-0.39, 0.29) is 11.5 Å². The number of para-hydroxylation sites is 1. The third-order valence-corrected chi connectivity index (χ3v) is 5.44. The summed E-state index contributed by atoms with van der Waals surface area (Å²) in [5.74, 6) is 0.923. The number of carbonyl (C=O) groups excluding carboxylic acids is 1. The first-order valence-electron chi connectivity index (χ1n) is 7.85. The SMILES string of the molecule is COc1ccc(C(=O)CSc2nnnn2-c2c(C)cccc2C)cc1Br. The van der Waals surface area contributed by atoms with Gasteiger partial charge in [0.15, 0.2) is 5.78 Å². The number of aryl methyl sites for hydroxylation is 2. The van der Waals surface area contributed by atoms with Crippen molar-refractivity contribution in [1.82, 2.24) is 20.2 Å². The number of rotatable bonds is 6. The summed E-state index contributed by atoms with van der Waals surface area (Å²) in [6, 6.07) is 11.3. The van der Waals surface area contributed by atoms with E-state index < -0.39 is 0 Å². The highest BCUT2D eigenvalue weighted by atomic mass is 79.9. The van der Waals surface area contributed by atoms with Crippen molar-refractivity contribution in [1.29, 1.82) is 0 Å². The Hall–Kier alpha value is -2.19. The van der Waals surface area contributed by atoms with Crippen LogP contribution in [0.25, 0.3) is 5.69 Å². The number of aromatic nitrogens is 4. The van der Waals surface area contributed by atoms with E-state index in [1.807, 2.05) is 32.0 Å². The first-order valence-corrected chi connectivity index (χ1v) is 9.63. The number of hydrogen-bond acceptors (Lipinski definition) is 6. The van der Waals surface area contributed by atoms with E-state index >= 15 is 0 Å². The quantitative estimate of drug-likeness (QED) is 0.432. The van der Waals surface area contributed by atoms with Crippen LogP contribution in [0.4, 0.5) is 0 Å². The molecule has 0 fully saturated rings. The number of methoxy groups -OCH3 is 1. The maximum Gasteiger partial charge on any atom is 0.214 e. The van der Waals surface area contributed by atoms with Gasteiger partial charge in [0.1, 0.15) is 5.75 Å². The van der Waals surface area contributed by atoms with Gasteiger partial charge in [0.05, 0.1) is 23.0 Å². The largest absolute Gasteiger partial charge is 0.496 e. The van der Waals surface area contributed by atoms with E-state index in [1.54, 1.807) is 30.0 Å². The maximum absolute atomic E-state index is 12.5. The summed E-state index contributed by atoms with van der Waals surface area (Å²) < 4.78 is 7.63. The average Bonchev–Trinajstić information content (AvgIpc) is 3.07. The van der Waals surface area contributed by atoms with Crippen LogP contribution in [0.3, 0.4) is 0 Å². The molecule has 0 aliphatic carbocycles. The summed E-state index contributed by atoms with van der Waals surface area (Å²) in [7, 11) is 1.59. The van der Waals surface area contributed by atoms with E-state index in [1.165, 1.54) is 11.8 Å². The first-order chi connectivity index (χ1) is 12.5. The minimum Gasteiger partial charge on any atom is -0.496 e. The number of nitrogens with zero attached hydrogens (tertiary/aromatic N) is 4. The van der Waals surface area contributed by atoms with Gasteiger partial charge in [-0.1, -0.05) is 30.0 Å². The number of tetrazole rings is 1. The molecule has 8 heteroatoms. The normalized spacial score (nSPS) is 10.8. The topological polar surface area (TPSA) is 69.9 Å². The van der Waals surface area contributed by atoms with Crippen molar-refractivity contribution in [2.75, 3.05) is 12.9 Å². The molecule has 0 unspecified atom stereocenters. The number of halogens is 1. The lowest BCUT2D eigenvalue weighted by Crippen LogP contribution is -2.07. The third-order valence-electron chi connectivity index (χ3n) is 3.90. The molecule has 0 aliphatic heterocycles. The zero-order chi connectivity index (χ0) is 18.7. The number of benzene rings is 2. The Labute approximate surface area is 164 Å². The molecule has 0 aliphatic rings. The molecular weight excluding hydrogens is 416 g/mol. The van der Waals surface area contributed by atoms with Crippen LogP contribution in [0.1, 0.15) is 21.5 Å². The zero-order valence-corrected chi connectivity index (χ0v) is 17.0. The van der Waals surface area contributed by atoms with Crippen molar-refractivity contribution < 1.29 is 9.53 Å². The molecule has 0 atom stereocenters. The summed E-state index contributed by atoms with van der Waals surface area (Å²) >= 11 is 4.72. The Bertz CT molecular complexity index is 938. The number of ether oxygens (including phenoxy) is 1. The Morgan fingerprint density at radius 1 is 1.23 bits per heavy atom. The lowest BCUT2D eigenvalue weighted by molar-refractivity contribution is 0.102. The molecule has 3 aromatic rings. The van der Waals surface area contributed by atoms with Crippen molar-refractivity contribution in [2.45, 2.75) is 19.0 Å². The average molecular weight is 433 g/mol. The predicted octanol–water partition coefficient (Wildman–Crippen LogP) is 4.03. The molecule has 0 spiro atoms. The van der Waals surface area contributed by atoms with E-state index in [4.69, 9.17) is 4.74 Å². The second-order valence-electron chi connectivity index (χ2n) is 5.67. The monoisotopic (exact) mass is 432 g/mol. The fraction of sp³-hybridized carbons (Fsp3) is 0.222. The van der Waals surface area contributed by atoms with Gasteiger partial charge in [0, 0.05) is 5.56 Å². The van der Waals surface area contributed by atoms with E-state index in [2.05, 4.69) is 31.5 Å². The standard InChI is InChI=1S/C18H17BrN4O2S/c1-11-5-4-6-12(2)17(11)23-18(20-21-22-23)26-10-15(24)13-7-8-16(25-3)14(19)9-13/h4-9H,10H2,1-3H3. The molecule has 26 heavy (non-hydrogen) atoms. The van der Waals surface area contributed by atoms with Gasteiger partial charge in [0.25, 0.3) is 0 Å². The number of hydrogen-bond donors (Lipinski definition) is 0. The zero-order valence-electron chi connectivity index (χ0n) is 14.6. The molecule has 0 saturated carbocycles. The minimum atomic E-state index is -0.00518. The molecule has 1 heterocycles. The van der Waals surface area contributed by atoms with Gasteiger partial charge >= 0.3 is 0 Å². The molecule has 0 amide bonds. The predicted molar refractivity (Wildman–Crippen MR) is 104 cm³/mol. The van der Waals surface area contributed by atoms with Gasteiger partial charge in [-0.2, -0.15) is 4.68 Å². The van der Waals surface area contributed by atoms with Crippen molar-refractivity contribution in [3.63, 3.8) is 0 Å². The van der Waals surface area contributed by atoms with Gasteiger partial charge in [-0.15, -0.1) is 5.10 Å². The van der Waals surface area contributed by atoms with Crippen LogP contribution in [-0.2, 0) is 0 Å². The van der Waals surface area contributed by atoms with Crippen molar-refractivity contribution in [3.05, 3.63) is 57.6 Å². The third kappa shape index (κ3) is 3.81. The second kappa shape index (κ2) is 8.01. The molecule has 3 rings (SSSR count). The molecule has 1 aromatic heterocycles. The van der Waals surface area contributed by atoms with E-state index in [0.717, 1.165) is 21.3 Å². The van der Waals surface area contributed by atoms with Crippen LogP contribution in [0.5, 0.6) is 5.75 Å². The van der Waals surface area contributed by atoms with Gasteiger partial charge < -0.3 is 4.74 Å². The van der Waals surface area contributed by atoms with Crippen LogP contribution in [0.15, 0.2) is 46.0 Å². The molecule has 0 radical (unpaired) electrons. The maximum atomic E-state index is 12.5. The Kier molecular flexibility index (Phi) is 5.73. The summed E-state index contributed by atoms with van der Waals surface area (Å²) in [6.45, 7) is 4.02. The number of ketones is 1. The van der Waals surface area contributed by atoms with Crippen molar-refractivity contribution in [2.24, 2.45) is 0 Å². The molecular formula is C18H17BrN4O2S. The first kappa shape index (κ1) is 18.6. The summed E-state index contributed by atoms with van der Waals surface area (Å²) in [6.07, 6.45) is 0. The molecule has 0 bridgehead atoms. The fourth-order valence-electron chi connectivity index (χ4n) is 2.60. The lowest BCUT2D eigenvalue weighted by Gasteiger charge is -2.10. The van der Waals surface area contributed by atoms with Crippen LogP contribution in [0.2, 0.25) is 0 Å². The Morgan fingerprint density at radius 2 is 1.96 bits per heavy atom. The minimum absolute atomic E-state index is 0.00518. The van der Waals surface area contributed by atoms with E-state index in [9.17, 15) is 4.79 Å². The van der Waals surface area contributed by atoms with Gasteiger partial charge in [-0.05, 0) is 69.5 Å². The molecule has 2 aromatic carbocycles. The number of thioether (sulfide) groups is 1. The molecule has 0 N–H and O–H groups in total. The fourth-order valence-corrected chi connectivity index (χ4v) is 3.91. The van der Waals surface area contributed by atoms with Crippen molar-refractivity contribution >= 4 is 33.5 Å². The molecule has 134 valence electrons. The Balaban J connectivity index is 1.78. The van der Waals surface area contributed by atoms with Crippen LogP contribution in [-0.4, -0.2) is 38.9 Å². The highest BCUT2D eigenvalue weighted by Gasteiger charge is 2.16. The number of carbonyl (C=O) groups is 1. The number of Topliss-reactive ketones (excluding diaryl/α,β-unsaturated/α-hetero) is 1. The van der Waals surface area contributed by atoms with Crippen LogP contribution >= 0.6 is 27.7 Å². The highest BCUT2D eigenvalue weighted by molar-refractivity contribution is 9.10. The highest BCUT2D eigenvalue weighted by Crippen LogP contribution is 2.27. The van der Waals surface area contributed by atoms with Crippen LogP contribution in [0, 0.1) is 13.8 Å². The lowest BCUT2D eigenvalue weighted by atomic mass is 10.1. The smallest absolute Gasteiger partial charge is 0.214 e. The summed E-state index contributed by atoms with van der Waals surface area (Å²) in [5.41, 5.74) is 3.70. The van der Waals surface area contributed by atoms with Gasteiger partial charge in [0.2, 0.25) is 5.16 Å². The van der Waals surface area contributed by atoms with Gasteiger partial charge in [-0.3, -0.25) is 4.79 Å². The summed E-state index contributed by atoms with van der Waals surface area (Å²) in [5, 5.41) is 12.5. The molecule has 0 saturated heterocycles. The Morgan fingerprint density at radius 3 is 2.62 bits per heavy atom. The summed E-state index contributed by atoms with van der Waals surface area (Å²) in [4.78, 5) is 12.5. The second-order valence-corrected chi connectivity index (χ2v) is 7.47.